The molecule has 0 aliphatic rings. The normalized spacial score (nSPS) is 16.8. The summed E-state index contributed by atoms with van der Waals surface area (Å²) in [6, 6.07) is 0. The Hall–Kier alpha value is -0.860. The van der Waals surface area contributed by atoms with Crippen LogP contribution in [0.3, 0.4) is 0 Å². The third-order valence-electron chi connectivity index (χ3n) is 2.13. The quantitative estimate of drug-likeness (QED) is 0.501. The zero-order valence-electron chi connectivity index (χ0n) is 9.63. The van der Waals surface area contributed by atoms with Crippen molar-refractivity contribution < 1.29 is 10.2 Å². The van der Waals surface area contributed by atoms with Crippen LogP contribution in [0.2, 0.25) is 0 Å². The average molecular weight is 210 g/mol. The van der Waals surface area contributed by atoms with Gasteiger partial charge in [-0.2, -0.15) is 0 Å². The Bertz CT molecular complexity index is 217. The van der Waals surface area contributed by atoms with E-state index in [1.54, 1.807) is 0 Å². The van der Waals surface area contributed by atoms with E-state index in [2.05, 4.69) is 0 Å². The molecule has 0 heterocycles. The fraction of sp³-hybridized carbons (Fsp3) is 0.538. The van der Waals surface area contributed by atoms with Crippen molar-refractivity contribution in [3.05, 3.63) is 36.5 Å². The van der Waals surface area contributed by atoms with E-state index in [-0.39, 0.29) is 0 Å². The lowest BCUT2D eigenvalue weighted by Gasteiger charge is -2.15. The number of aliphatic hydroxyl groups is 2. The SMILES string of the molecule is C/C=C/C=C/C[C@H](O)[C@H](O)CC/C=C/C. The van der Waals surface area contributed by atoms with Crippen LogP contribution in [0.15, 0.2) is 36.5 Å². The molecular formula is C13H22O2. The van der Waals surface area contributed by atoms with Gasteiger partial charge in [0.15, 0.2) is 0 Å². The highest BCUT2D eigenvalue weighted by Gasteiger charge is 2.13. The number of aliphatic hydroxyl groups excluding tert-OH is 2. The summed E-state index contributed by atoms with van der Waals surface area (Å²) < 4.78 is 0. The minimum Gasteiger partial charge on any atom is -0.390 e. The average Bonchev–Trinajstić information content (AvgIpc) is 2.24. The first-order valence-corrected chi connectivity index (χ1v) is 5.47. The minimum atomic E-state index is -0.656. The third-order valence-corrected chi connectivity index (χ3v) is 2.13. The van der Waals surface area contributed by atoms with Crippen molar-refractivity contribution in [1.29, 1.82) is 0 Å². The van der Waals surface area contributed by atoms with E-state index in [0.717, 1.165) is 6.42 Å². The number of hydrogen-bond donors (Lipinski definition) is 2. The highest BCUT2D eigenvalue weighted by atomic mass is 16.3. The Kier molecular flexibility index (Phi) is 9.13. The molecule has 0 aliphatic carbocycles. The van der Waals surface area contributed by atoms with Crippen molar-refractivity contribution in [1.82, 2.24) is 0 Å². The molecule has 0 aromatic rings. The van der Waals surface area contributed by atoms with E-state index in [0.29, 0.717) is 12.8 Å². The van der Waals surface area contributed by atoms with Crippen molar-refractivity contribution in [2.45, 2.75) is 45.3 Å². The molecule has 0 rings (SSSR count). The van der Waals surface area contributed by atoms with Gasteiger partial charge < -0.3 is 10.2 Å². The van der Waals surface area contributed by atoms with Crippen LogP contribution in [0.5, 0.6) is 0 Å². The molecule has 2 atom stereocenters. The Morgan fingerprint density at radius 1 is 0.933 bits per heavy atom. The summed E-state index contributed by atoms with van der Waals surface area (Å²) >= 11 is 0. The fourth-order valence-corrected chi connectivity index (χ4v) is 1.19. The Morgan fingerprint density at radius 3 is 2.27 bits per heavy atom. The molecule has 0 aliphatic heterocycles. The second-order valence-electron chi connectivity index (χ2n) is 3.47. The maximum Gasteiger partial charge on any atom is 0.0833 e. The molecule has 2 N–H and O–H groups in total. The molecule has 2 heteroatoms. The molecule has 0 fully saturated rings. The molecular weight excluding hydrogens is 188 g/mol. The molecule has 0 aromatic heterocycles. The van der Waals surface area contributed by atoms with E-state index in [9.17, 15) is 10.2 Å². The highest BCUT2D eigenvalue weighted by Crippen LogP contribution is 2.07. The van der Waals surface area contributed by atoms with Crippen LogP contribution in [0.1, 0.15) is 33.1 Å². The van der Waals surface area contributed by atoms with Gasteiger partial charge in [0.25, 0.3) is 0 Å². The number of allylic oxidation sites excluding steroid dienone is 5. The summed E-state index contributed by atoms with van der Waals surface area (Å²) in [4.78, 5) is 0. The maximum absolute atomic E-state index is 9.57. The Labute approximate surface area is 92.6 Å². The fourth-order valence-electron chi connectivity index (χ4n) is 1.19. The first-order chi connectivity index (χ1) is 7.22. The standard InChI is InChI=1S/C13H22O2/c1-3-5-7-9-11-13(15)12(14)10-8-6-4-2/h3-7,9,12-15H,8,10-11H2,1-2H3/b5-3+,6-4+,9-7+/t12-,13+/m1/s1. The summed E-state index contributed by atoms with van der Waals surface area (Å²) in [5.41, 5.74) is 0. The van der Waals surface area contributed by atoms with Crippen LogP contribution in [-0.4, -0.2) is 22.4 Å². The second-order valence-corrected chi connectivity index (χ2v) is 3.47. The largest absolute Gasteiger partial charge is 0.390 e. The monoisotopic (exact) mass is 210 g/mol. The molecule has 0 amide bonds. The Morgan fingerprint density at radius 2 is 1.67 bits per heavy atom. The lowest BCUT2D eigenvalue weighted by Crippen LogP contribution is -2.24. The van der Waals surface area contributed by atoms with Gasteiger partial charge >= 0.3 is 0 Å². The molecule has 2 nitrogen and oxygen atoms in total. The van der Waals surface area contributed by atoms with Gasteiger partial charge in [-0.05, 0) is 33.1 Å². The Balaban J connectivity index is 3.72. The van der Waals surface area contributed by atoms with Crippen molar-refractivity contribution >= 4 is 0 Å². The summed E-state index contributed by atoms with van der Waals surface area (Å²) in [6.45, 7) is 3.88. The topological polar surface area (TPSA) is 40.5 Å². The van der Waals surface area contributed by atoms with E-state index in [1.807, 2.05) is 50.3 Å². The molecule has 86 valence electrons. The van der Waals surface area contributed by atoms with Gasteiger partial charge in [-0.15, -0.1) is 0 Å². The molecule has 0 aromatic carbocycles. The second kappa shape index (κ2) is 9.69. The predicted octanol–water partition coefficient (Wildman–Crippen LogP) is 2.59. The van der Waals surface area contributed by atoms with E-state index < -0.39 is 12.2 Å². The van der Waals surface area contributed by atoms with Gasteiger partial charge in [0.05, 0.1) is 12.2 Å². The van der Waals surface area contributed by atoms with Crippen molar-refractivity contribution in [2.75, 3.05) is 0 Å². The van der Waals surface area contributed by atoms with E-state index >= 15 is 0 Å². The smallest absolute Gasteiger partial charge is 0.0833 e. The summed E-state index contributed by atoms with van der Waals surface area (Å²) in [5.74, 6) is 0. The summed E-state index contributed by atoms with van der Waals surface area (Å²) in [7, 11) is 0. The lowest BCUT2D eigenvalue weighted by molar-refractivity contribution is 0.0174. The van der Waals surface area contributed by atoms with Crippen molar-refractivity contribution in [3.8, 4) is 0 Å². The van der Waals surface area contributed by atoms with Crippen molar-refractivity contribution in [2.24, 2.45) is 0 Å². The minimum absolute atomic E-state index is 0.501. The number of hydrogen-bond acceptors (Lipinski definition) is 2. The molecule has 0 radical (unpaired) electrons. The van der Waals surface area contributed by atoms with Crippen LogP contribution in [0, 0.1) is 0 Å². The molecule has 0 spiro atoms. The maximum atomic E-state index is 9.57. The van der Waals surface area contributed by atoms with E-state index in [1.165, 1.54) is 0 Å². The molecule has 0 saturated carbocycles. The zero-order valence-corrected chi connectivity index (χ0v) is 9.63. The van der Waals surface area contributed by atoms with Crippen molar-refractivity contribution in [3.63, 3.8) is 0 Å². The van der Waals surface area contributed by atoms with Crippen LogP contribution < -0.4 is 0 Å². The van der Waals surface area contributed by atoms with E-state index in [4.69, 9.17) is 0 Å². The predicted molar refractivity (Wildman–Crippen MR) is 64.6 cm³/mol. The number of rotatable bonds is 7. The van der Waals surface area contributed by atoms with Gasteiger partial charge in [0.1, 0.15) is 0 Å². The summed E-state index contributed by atoms with van der Waals surface area (Å²) in [6.07, 6.45) is 12.2. The third kappa shape index (κ3) is 8.16. The molecule has 0 saturated heterocycles. The van der Waals surface area contributed by atoms with Gasteiger partial charge in [-0.25, -0.2) is 0 Å². The zero-order chi connectivity index (χ0) is 11.5. The van der Waals surface area contributed by atoms with Gasteiger partial charge in [0, 0.05) is 0 Å². The van der Waals surface area contributed by atoms with Crippen LogP contribution in [0.4, 0.5) is 0 Å². The molecule has 0 unspecified atom stereocenters. The first kappa shape index (κ1) is 14.1. The summed E-state index contributed by atoms with van der Waals surface area (Å²) in [5, 5.41) is 19.1. The lowest BCUT2D eigenvalue weighted by atomic mass is 10.1. The highest BCUT2D eigenvalue weighted by molar-refractivity contribution is 5.01. The van der Waals surface area contributed by atoms with Crippen LogP contribution >= 0.6 is 0 Å². The van der Waals surface area contributed by atoms with Crippen LogP contribution in [0.25, 0.3) is 0 Å². The van der Waals surface area contributed by atoms with Crippen LogP contribution in [-0.2, 0) is 0 Å². The first-order valence-electron chi connectivity index (χ1n) is 5.47. The van der Waals surface area contributed by atoms with Gasteiger partial charge in [-0.3, -0.25) is 0 Å². The molecule has 0 bridgehead atoms. The van der Waals surface area contributed by atoms with Gasteiger partial charge in [0.2, 0.25) is 0 Å². The molecule has 15 heavy (non-hydrogen) atoms. The van der Waals surface area contributed by atoms with Gasteiger partial charge in [-0.1, -0.05) is 36.5 Å².